The molecule has 9 atom stereocenters. The highest BCUT2D eigenvalue weighted by Gasteiger charge is 2.76. The maximum atomic E-state index is 13.7. The predicted octanol–water partition coefficient (Wildman–Crippen LogP) is 10.5. The summed E-state index contributed by atoms with van der Waals surface area (Å²) in [6.07, 6.45) is 19.7. The van der Waals surface area contributed by atoms with Gasteiger partial charge in [-0.05, 0) is 181 Å². The third kappa shape index (κ3) is 5.24. The minimum absolute atomic E-state index is 0.00367. The number of carbonyl (C=O) groups excluding carboxylic acids is 1. The van der Waals surface area contributed by atoms with Crippen LogP contribution in [0.15, 0.2) is 30.3 Å². The van der Waals surface area contributed by atoms with E-state index in [1.807, 2.05) is 17.0 Å². The molecule has 3 N–H and O–H groups in total. The Kier molecular flexibility index (Phi) is 8.92. The maximum Gasteiger partial charge on any atom is 0.335 e. The Balaban J connectivity index is 1.11. The minimum Gasteiger partial charge on any atom is -0.478 e. The Morgan fingerprint density at radius 2 is 1.51 bits per heavy atom. The van der Waals surface area contributed by atoms with Gasteiger partial charge in [0.15, 0.2) is 0 Å². The predicted molar refractivity (Wildman–Crippen MR) is 212 cm³/mol. The lowest BCUT2D eigenvalue weighted by atomic mass is 9.28. The fraction of sp³-hybridized carbons (Fsp3) is 0.787. The van der Waals surface area contributed by atoms with Gasteiger partial charge in [-0.1, -0.05) is 66.7 Å². The van der Waals surface area contributed by atoms with Crippen molar-refractivity contribution in [3.63, 3.8) is 0 Å². The second-order valence-corrected chi connectivity index (χ2v) is 21.3. The van der Waals surface area contributed by atoms with Crippen molar-refractivity contribution >= 4 is 17.6 Å². The van der Waals surface area contributed by atoms with Gasteiger partial charge < -0.3 is 20.4 Å². The van der Waals surface area contributed by atoms with Gasteiger partial charge in [-0.3, -0.25) is 0 Å². The number of hydrogen-bond donors (Lipinski definition) is 3. The highest BCUT2D eigenvalue weighted by Crippen LogP contribution is 2.83. The van der Waals surface area contributed by atoms with Gasteiger partial charge in [-0.15, -0.1) is 0 Å². The zero-order valence-corrected chi connectivity index (χ0v) is 34.2. The number of aliphatic hydroxyl groups excluding tert-OH is 1. The van der Waals surface area contributed by atoms with E-state index >= 15 is 0 Å². The smallest absolute Gasteiger partial charge is 0.335 e. The van der Waals surface area contributed by atoms with Crippen LogP contribution < -0.4 is 5.32 Å². The topological polar surface area (TPSA) is 89.9 Å². The molecule has 1 aromatic carbocycles. The molecule has 5 saturated carbocycles. The second-order valence-electron chi connectivity index (χ2n) is 21.3. The van der Waals surface area contributed by atoms with Crippen molar-refractivity contribution in [1.29, 1.82) is 0 Å². The Labute approximate surface area is 320 Å². The first-order valence-electron chi connectivity index (χ1n) is 21.7. The first-order valence-corrected chi connectivity index (χ1v) is 21.7. The summed E-state index contributed by atoms with van der Waals surface area (Å²) < 4.78 is 0. The van der Waals surface area contributed by atoms with Crippen LogP contribution in [0, 0.1) is 67.5 Å². The van der Waals surface area contributed by atoms with Gasteiger partial charge in [0.1, 0.15) is 0 Å². The number of rotatable bonds is 7. The molecule has 0 bridgehead atoms. The summed E-state index contributed by atoms with van der Waals surface area (Å²) >= 11 is 0. The molecule has 1 aliphatic heterocycles. The first-order chi connectivity index (χ1) is 25.0. The van der Waals surface area contributed by atoms with E-state index in [0.717, 1.165) is 44.8 Å². The number of nitrogens with zero attached hydrogens (tertiary/aromatic N) is 1. The molecule has 6 fully saturated rings. The summed E-state index contributed by atoms with van der Waals surface area (Å²) in [6.45, 7) is 20.9. The van der Waals surface area contributed by atoms with E-state index in [-0.39, 0.29) is 39.7 Å². The van der Waals surface area contributed by atoms with Crippen LogP contribution in [0.2, 0.25) is 0 Å². The highest BCUT2D eigenvalue weighted by atomic mass is 16.4. The lowest BCUT2D eigenvalue weighted by Crippen LogP contribution is -2.70. The minimum atomic E-state index is -0.864. The molecule has 6 nitrogen and oxygen atoms in total. The van der Waals surface area contributed by atoms with Gasteiger partial charge in [-0.2, -0.15) is 0 Å². The van der Waals surface area contributed by atoms with Crippen molar-refractivity contribution in [2.75, 3.05) is 26.2 Å². The van der Waals surface area contributed by atoms with Gasteiger partial charge in [-0.25, -0.2) is 9.59 Å². The fourth-order valence-corrected chi connectivity index (χ4v) is 16.1. The number of aromatic carboxylic acids is 1. The average molecular weight is 727 g/mol. The summed E-state index contributed by atoms with van der Waals surface area (Å²) in [5, 5.41) is 22.8. The normalized spacial score (nSPS) is 42.7. The van der Waals surface area contributed by atoms with Crippen molar-refractivity contribution in [2.24, 2.45) is 67.5 Å². The quantitative estimate of drug-likeness (QED) is 0.261. The Morgan fingerprint density at radius 1 is 0.830 bits per heavy atom. The maximum absolute atomic E-state index is 13.7. The number of piperidine rings is 1. The summed E-state index contributed by atoms with van der Waals surface area (Å²) in [5.74, 6) is 2.11. The van der Waals surface area contributed by atoms with Crippen molar-refractivity contribution < 1.29 is 19.8 Å². The van der Waals surface area contributed by atoms with Crippen molar-refractivity contribution in [3.05, 3.63) is 41.5 Å². The van der Waals surface area contributed by atoms with E-state index in [0.29, 0.717) is 40.1 Å². The molecule has 8 unspecified atom stereocenters. The third-order valence-corrected chi connectivity index (χ3v) is 19.3. The molecule has 8 rings (SSSR count). The molecule has 292 valence electrons. The molecule has 0 radical (unpaired) electrons. The number of carboxylic acid groups (broad SMARTS) is 1. The van der Waals surface area contributed by atoms with Crippen molar-refractivity contribution in [1.82, 2.24) is 10.2 Å². The summed E-state index contributed by atoms with van der Waals surface area (Å²) in [4.78, 5) is 27.4. The van der Waals surface area contributed by atoms with Gasteiger partial charge >= 0.3 is 12.0 Å². The number of likely N-dealkylation sites (tertiary alicyclic amines) is 1. The van der Waals surface area contributed by atoms with E-state index in [2.05, 4.69) is 59.9 Å². The molecule has 6 heteroatoms. The first kappa shape index (κ1) is 37.6. The number of carbonyl (C=O) groups is 2. The molecule has 0 spiro atoms. The lowest BCUT2D eigenvalue weighted by Gasteiger charge is -2.76. The third-order valence-electron chi connectivity index (χ3n) is 19.3. The van der Waals surface area contributed by atoms with Crippen LogP contribution in [0.4, 0.5) is 4.79 Å². The zero-order chi connectivity index (χ0) is 37.8. The van der Waals surface area contributed by atoms with E-state index < -0.39 is 5.97 Å². The standard InChI is InChI=1S/C47H70N2O4/c1-8-47-22-16-36-41(2,3)34(32-9-11-33(12-10-32)39(51)52)13-19-43(36,5)37(47)15-20-44(6)38-35(42(4)23-24-42)14-21-46(38,26-25-45(44,47)7)30-48-40(53)49-27-17-31(29-50)18-28-49/h9-13,31,35-38,50H,8,14-30H2,1-7H3,(H,48,53)(H,51,52)/t35?,36?,37?,38?,43?,44?,45-,46?,47?/m1/s1. The number of amides is 2. The SMILES string of the molecule is CCC12CCC3C(C)(C)C(c4ccc(C(=O)O)cc4)=CCC3(C)C1CCC1(C)C3C(C4(C)CC4)CCC3(CNC(=O)N3CCC(CO)CC3)CC[C@]12C. The van der Waals surface area contributed by atoms with E-state index in [1.54, 1.807) is 12.1 Å². The van der Waals surface area contributed by atoms with Crippen molar-refractivity contribution in [3.8, 4) is 0 Å². The van der Waals surface area contributed by atoms with Gasteiger partial charge in [0.25, 0.3) is 0 Å². The summed E-state index contributed by atoms with van der Waals surface area (Å²) in [5.41, 5.74) is 4.56. The molecule has 0 aromatic heterocycles. The van der Waals surface area contributed by atoms with Crippen molar-refractivity contribution in [2.45, 2.75) is 138 Å². The molecular formula is C47H70N2O4. The van der Waals surface area contributed by atoms with E-state index in [9.17, 15) is 19.8 Å². The number of allylic oxidation sites excluding steroid dienone is 2. The molecule has 6 aliphatic carbocycles. The Hall–Kier alpha value is -2.34. The molecule has 1 aromatic rings. The average Bonchev–Trinajstić information content (AvgIpc) is 3.76. The zero-order valence-electron chi connectivity index (χ0n) is 34.2. The number of carboxylic acids is 1. The number of benzene rings is 1. The summed E-state index contributed by atoms with van der Waals surface area (Å²) in [6, 6.07) is 7.77. The second kappa shape index (κ2) is 12.6. The van der Waals surface area contributed by atoms with E-state index in [1.165, 1.54) is 81.8 Å². The van der Waals surface area contributed by atoms with E-state index in [4.69, 9.17) is 0 Å². The van der Waals surface area contributed by atoms with Crippen LogP contribution in [-0.4, -0.2) is 53.4 Å². The molecule has 53 heavy (non-hydrogen) atoms. The fourth-order valence-electron chi connectivity index (χ4n) is 16.1. The van der Waals surface area contributed by atoms with Crippen LogP contribution in [-0.2, 0) is 0 Å². The van der Waals surface area contributed by atoms with Gasteiger partial charge in [0.2, 0.25) is 0 Å². The monoisotopic (exact) mass is 727 g/mol. The Bertz CT molecular complexity index is 1640. The molecule has 7 aliphatic rings. The summed E-state index contributed by atoms with van der Waals surface area (Å²) in [7, 11) is 0. The number of fused-ring (bicyclic) bond motifs is 7. The Morgan fingerprint density at radius 3 is 2.13 bits per heavy atom. The van der Waals surface area contributed by atoms with Crippen LogP contribution in [0.5, 0.6) is 0 Å². The molecular weight excluding hydrogens is 657 g/mol. The number of urea groups is 1. The molecule has 1 saturated heterocycles. The lowest BCUT2D eigenvalue weighted by molar-refractivity contribution is -0.274. The largest absolute Gasteiger partial charge is 0.478 e. The molecule has 2 amide bonds. The van der Waals surface area contributed by atoms with Crippen LogP contribution in [0.1, 0.15) is 154 Å². The van der Waals surface area contributed by atoms with Crippen LogP contribution in [0.25, 0.3) is 5.57 Å². The van der Waals surface area contributed by atoms with Gasteiger partial charge in [0, 0.05) is 26.2 Å². The van der Waals surface area contributed by atoms with Crippen LogP contribution in [0.3, 0.4) is 0 Å². The highest BCUT2D eigenvalue weighted by molar-refractivity contribution is 5.88. The molecule has 1 heterocycles. The number of hydrogen-bond acceptors (Lipinski definition) is 3. The van der Waals surface area contributed by atoms with Crippen LogP contribution >= 0.6 is 0 Å². The van der Waals surface area contributed by atoms with Gasteiger partial charge in [0.05, 0.1) is 5.56 Å². The number of aliphatic hydroxyl groups is 1. The number of nitrogens with one attached hydrogen (secondary N) is 1.